The SMILES string of the molecule is O=C1SC(=Cc2c3ccccc3cc3ccccc23)C(=O)N1Cc1ccccc1[N+](=O)[O-]. The molecule has 0 unspecified atom stereocenters. The van der Waals surface area contributed by atoms with Crippen LogP contribution >= 0.6 is 11.8 Å². The molecule has 7 heteroatoms. The first-order valence-electron chi connectivity index (χ1n) is 9.91. The Hall–Kier alpha value is -3.97. The predicted octanol–water partition coefficient (Wildman–Crippen LogP) is 6.14. The number of para-hydroxylation sites is 1. The lowest BCUT2D eigenvalue weighted by molar-refractivity contribution is -0.385. The molecule has 0 N–H and O–H groups in total. The number of hydrogen-bond donors (Lipinski definition) is 0. The summed E-state index contributed by atoms with van der Waals surface area (Å²) in [6.07, 6.45) is 1.76. The van der Waals surface area contributed by atoms with Crippen LogP contribution in [0.2, 0.25) is 0 Å². The molecule has 5 rings (SSSR count). The number of thioether (sulfide) groups is 1. The number of hydrogen-bond acceptors (Lipinski definition) is 5. The third kappa shape index (κ3) is 3.42. The number of imide groups is 1. The number of carbonyl (C=O) groups excluding carboxylic acids is 2. The van der Waals surface area contributed by atoms with Crippen molar-refractivity contribution in [1.29, 1.82) is 0 Å². The molecular formula is C25H16N2O4S. The van der Waals surface area contributed by atoms with Crippen LogP contribution in [0.15, 0.2) is 83.8 Å². The van der Waals surface area contributed by atoms with Crippen LogP contribution < -0.4 is 0 Å². The fourth-order valence-corrected chi connectivity index (χ4v) is 4.78. The summed E-state index contributed by atoms with van der Waals surface area (Å²) < 4.78 is 0. The van der Waals surface area contributed by atoms with Crippen LogP contribution in [0.1, 0.15) is 11.1 Å². The summed E-state index contributed by atoms with van der Waals surface area (Å²) in [5.41, 5.74) is 1.07. The highest BCUT2D eigenvalue weighted by Crippen LogP contribution is 2.37. The number of rotatable bonds is 4. The lowest BCUT2D eigenvalue weighted by Gasteiger charge is -2.12. The molecule has 0 aromatic heterocycles. The predicted molar refractivity (Wildman–Crippen MR) is 126 cm³/mol. The van der Waals surface area contributed by atoms with Gasteiger partial charge in [0.25, 0.3) is 16.8 Å². The summed E-state index contributed by atoms with van der Waals surface area (Å²) in [4.78, 5) is 37.9. The fraction of sp³-hybridized carbons (Fsp3) is 0.0400. The number of nitrogens with zero attached hydrogens (tertiary/aromatic N) is 2. The molecule has 6 nitrogen and oxygen atoms in total. The smallest absolute Gasteiger partial charge is 0.268 e. The Balaban J connectivity index is 1.58. The van der Waals surface area contributed by atoms with Crippen LogP contribution in [-0.4, -0.2) is 21.0 Å². The van der Waals surface area contributed by atoms with Gasteiger partial charge in [-0.3, -0.25) is 24.6 Å². The number of amides is 2. The molecule has 0 saturated carbocycles. The van der Waals surface area contributed by atoms with Crippen molar-refractivity contribution < 1.29 is 14.5 Å². The van der Waals surface area contributed by atoms with Gasteiger partial charge in [0, 0.05) is 11.6 Å². The van der Waals surface area contributed by atoms with Gasteiger partial charge in [0.2, 0.25) is 0 Å². The topological polar surface area (TPSA) is 80.5 Å². The first-order chi connectivity index (χ1) is 15.5. The second-order valence-corrected chi connectivity index (χ2v) is 8.38. The van der Waals surface area contributed by atoms with Gasteiger partial charge in [-0.2, -0.15) is 0 Å². The normalized spacial score (nSPS) is 15.2. The van der Waals surface area contributed by atoms with E-state index in [9.17, 15) is 19.7 Å². The zero-order chi connectivity index (χ0) is 22.2. The minimum atomic E-state index is -0.507. The van der Waals surface area contributed by atoms with Gasteiger partial charge in [-0.1, -0.05) is 66.7 Å². The third-order valence-electron chi connectivity index (χ3n) is 5.48. The molecular weight excluding hydrogens is 424 g/mol. The van der Waals surface area contributed by atoms with Gasteiger partial charge in [0.15, 0.2) is 0 Å². The van der Waals surface area contributed by atoms with E-state index in [0.29, 0.717) is 10.5 Å². The van der Waals surface area contributed by atoms with Crippen LogP contribution in [0.5, 0.6) is 0 Å². The second kappa shape index (κ2) is 7.94. The molecule has 1 saturated heterocycles. The fourth-order valence-electron chi connectivity index (χ4n) is 3.96. The summed E-state index contributed by atoms with van der Waals surface area (Å²) in [7, 11) is 0. The standard InChI is InChI=1S/C25H16N2O4S/c28-24-23(32-25(29)26(24)15-18-9-3-6-12-22(18)27(30)31)14-21-19-10-4-1-7-16(19)13-17-8-2-5-11-20(17)21/h1-14H,15H2. The molecule has 4 aromatic carbocycles. The highest BCUT2D eigenvalue weighted by Gasteiger charge is 2.36. The lowest BCUT2D eigenvalue weighted by atomic mass is 9.96. The molecule has 1 aliphatic rings. The third-order valence-corrected chi connectivity index (χ3v) is 6.39. The van der Waals surface area contributed by atoms with Crippen LogP contribution in [0.25, 0.3) is 27.6 Å². The van der Waals surface area contributed by atoms with E-state index in [4.69, 9.17) is 0 Å². The molecule has 0 radical (unpaired) electrons. The maximum atomic E-state index is 13.1. The summed E-state index contributed by atoms with van der Waals surface area (Å²) in [6.45, 7) is -0.143. The minimum Gasteiger partial charge on any atom is -0.268 e. The van der Waals surface area contributed by atoms with Crippen molar-refractivity contribution in [1.82, 2.24) is 4.90 Å². The summed E-state index contributed by atoms with van der Waals surface area (Å²) in [5.74, 6) is -0.449. The van der Waals surface area contributed by atoms with E-state index in [1.807, 2.05) is 48.5 Å². The van der Waals surface area contributed by atoms with Gasteiger partial charge in [-0.15, -0.1) is 0 Å². The van der Waals surface area contributed by atoms with Gasteiger partial charge < -0.3 is 0 Å². The summed E-state index contributed by atoms with van der Waals surface area (Å²) >= 11 is 0.856. The molecule has 1 heterocycles. The summed E-state index contributed by atoms with van der Waals surface area (Å²) in [6, 6.07) is 24.0. The Morgan fingerprint density at radius 3 is 2.12 bits per heavy atom. The molecule has 0 atom stereocenters. The van der Waals surface area contributed by atoms with E-state index in [-0.39, 0.29) is 12.2 Å². The van der Waals surface area contributed by atoms with Crippen molar-refractivity contribution in [2.75, 3.05) is 0 Å². The van der Waals surface area contributed by atoms with Gasteiger partial charge in [-0.25, -0.2) is 0 Å². The zero-order valence-corrected chi connectivity index (χ0v) is 17.5. The Morgan fingerprint density at radius 2 is 1.47 bits per heavy atom. The zero-order valence-electron chi connectivity index (χ0n) is 16.7. The number of benzene rings is 4. The second-order valence-electron chi connectivity index (χ2n) is 7.39. The molecule has 32 heavy (non-hydrogen) atoms. The highest BCUT2D eigenvalue weighted by atomic mass is 32.2. The highest BCUT2D eigenvalue weighted by molar-refractivity contribution is 8.18. The Labute approximate surface area is 187 Å². The van der Waals surface area contributed by atoms with Crippen molar-refractivity contribution in [3.8, 4) is 0 Å². The van der Waals surface area contributed by atoms with Crippen molar-refractivity contribution in [2.45, 2.75) is 6.54 Å². The van der Waals surface area contributed by atoms with Crippen molar-refractivity contribution in [3.63, 3.8) is 0 Å². The molecule has 4 aromatic rings. The van der Waals surface area contributed by atoms with E-state index >= 15 is 0 Å². The molecule has 0 aliphatic carbocycles. The van der Waals surface area contributed by atoms with Crippen LogP contribution in [0.3, 0.4) is 0 Å². The van der Waals surface area contributed by atoms with Gasteiger partial charge in [0.1, 0.15) is 0 Å². The first kappa shape index (κ1) is 20.0. The van der Waals surface area contributed by atoms with Crippen molar-refractivity contribution in [3.05, 3.63) is 105 Å². The average Bonchev–Trinajstić information content (AvgIpc) is 3.06. The molecule has 0 spiro atoms. The number of nitro benzene ring substituents is 1. The molecule has 1 aliphatic heterocycles. The molecule has 0 bridgehead atoms. The van der Waals surface area contributed by atoms with Gasteiger partial charge in [0.05, 0.1) is 16.4 Å². The first-order valence-corrected chi connectivity index (χ1v) is 10.7. The maximum Gasteiger partial charge on any atom is 0.293 e. The number of carbonyl (C=O) groups is 2. The van der Waals surface area contributed by atoms with E-state index < -0.39 is 16.1 Å². The summed E-state index contributed by atoms with van der Waals surface area (Å²) in [5, 5.41) is 14.9. The van der Waals surface area contributed by atoms with Crippen molar-refractivity contribution in [2.24, 2.45) is 0 Å². The average molecular weight is 440 g/mol. The van der Waals surface area contributed by atoms with Crippen LogP contribution in [0.4, 0.5) is 10.5 Å². The lowest BCUT2D eigenvalue weighted by Crippen LogP contribution is -2.27. The maximum absolute atomic E-state index is 13.1. The van der Waals surface area contributed by atoms with E-state index in [2.05, 4.69) is 6.07 Å². The Morgan fingerprint density at radius 1 is 0.875 bits per heavy atom. The van der Waals surface area contributed by atoms with Crippen LogP contribution in [-0.2, 0) is 11.3 Å². The quantitative estimate of drug-likeness (QED) is 0.165. The molecule has 2 amide bonds. The van der Waals surface area contributed by atoms with Gasteiger partial charge >= 0.3 is 0 Å². The van der Waals surface area contributed by atoms with E-state index in [1.165, 1.54) is 6.07 Å². The largest absolute Gasteiger partial charge is 0.293 e. The monoisotopic (exact) mass is 440 g/mol. The Bertz CT molecular complexity index is 1410. The number of nitro groups is 1. The molecule has 1 fully saturated rings. The van der Waals surface area contributed by atoms with E-state index in [1.54, 1.807) is 24.3 Å². The van der Waals surface area contributed by atoms with Crippen molar-refractivity contribution >= 4 is 56.2 Å². The Kier molecular flexibility index (Phi) is 4.95. The molecule has 156 valence electrons. The minimum absolute atomic E-state index is 0.115. The number of fused-ring (bicyclic) bond motifs is 2. The van der Waals surface area contributed by atoms with Crippen LogP contribution in [0, 0.1) is 10.1 Å². The van der Waals surface area contributed by atoms with Gasteiger partial charge in [-0.05, 0) is 51.0 Å². The van der Waals surface area contributed by atoms with E-state index in [0.717, 1.165) is 43.8 Å².